The van der Waals surface area contributed by atoms with Crippen molar-refractivity contribution >= 4 is 0 Å². The molecule has 3 nitrogen and oxygen atoms in total. The van der Waals surface area contributed by atoms with E-state index in [1.807, 2.05) is 26.2 Å². The highest BCUT2D eigenvalue weighted by Crippen LogP contribution is 2.48. The van der Waals surface area contributed by atoms with Gasteiger partial charge in [0.2, 0.25) is 0 Å². The smallest absolute Gasteiger partial charge is 0.124 e. The standard InChI is InChI=1S/C13H19NO2/c1-14(2)9-10-4-5-12(16-3)11(8-10)13(15)6-7-13/h4-5,8,15H,6-7,9H2,1-3H3. The number of hydrogen-bond acceptors (Lipinski definition) is 3. The lowest BCUT2D eigenvalue weighted by atomic mass is 10.0. The number of benzene rings is 1. The Hall–Kier alpha value is -1.06. The second-order valence-corrected chi connectivity index (χ2v) is 4.80. The first-order valence-electron chi connectivity index (χ1n) is 5.60. The molecular formula is C13H19NO2. The third kappa shape index (κ3) is 2.20. The Bertz CT molecular complexity index is 384. The Morgan fingerprint density at radius 3 is 2.56 bits per heavy atom. The lowest BCUT2D eigenvalue weighted by Gasteiger charge is -2.16. The molecule has 16 heavy (non-hydrogen) atoms. The topological polar surface area (TPSA) is 32.7 Å². The van der Waals surface area contributed by atoms with Crippen LogP contribution in [0, 0.1) is 0 Å². The van der Waals surface area contributed by atoms with Crippen LogP contribution in [0.5, 0.6) is 5.75 Å². The zero-order valence-electron chi connectivity index (χ0n) is 10.2. The Kier molecular flexibility index (Phi) is 2.91. The summed E-state index contributed by atoms with van der Waals surface area (Å²) in [5.74, 6) is 0.794. The fourth-order valence-electron chi connectivity index (χ4n) is 1.97. The predicted octanol–water partition coefficient (Wildman–Crippen LogP) is 1.74. The number of hydrogen-bond donors (Lipinski definition) is 1. The van der Waals surface area contributed by atoms with Crippen LogP contribution >= 0.6 is 0 Å². The Morgan fingerprint density at radius 1 is 1.38 bits per heavy atom. The van der Waals surface area contributed by atoms with Crippen molar-refractivity contribution in [3.63, 3.8) is 0 Å². The van der Waals surface area contributed by atoms with Crippen LogP contribution in [0.4, 0.5) is 0 Å². The molecule has 0 aromatic heterocycles. The van der Waals surface area contributed by atoms with Crippen molar-refractivity contribution in [1.82, 2.24) is 4.90 Å². The quantitative estimate of drug-likeness (QED) is 0.840. The Balaban J connectivity index is 2.32. The average Bonchev–Trinajstić information content (AvgIpc) is 2.97. The van der Waals surface area contributed by atoms with E-state index < -0.39 is 5.60 Å². The fourth-order valence-corrected chi connectivity index (χ4v) is 1.97. The van der Waals surface area contributed by atoms with Crippen molar-refractivity contribution in [1.29, 1.82) is 0 Å². The van der Waals surface area contributed by atoms with Crippen LogP contribution in [0.15, 0.2) is 18.2 Å². The van der Waals surface area contributed by atoms with Crippen LogP contribution in [0.2, 0.25) is 0 Å². The number of aliphatic hydroxyl groups is 1. The minimum atomic E-state index is -0.631. The molecule has 3 heteroatoms. The van der Waals surface area contributed by atoms with Gasteiger partial charge in [0.1, 0.15) is 5.75 Å². The van der Waals surface area contributed by atoms with Crippen molar-refractivity contribution in [3.8, 4) is 5.75 Å². The molecule has 2 rings (SSSR count). The molecule has 1 fully saturated rings. The monoisotopic (exact) mass is 221 g/mol. The maximum Gasteiger partial charge on any atom is 0.124 e. The van der Waals surface area contributed by atoms with E-state index in [4.69, 9.17) is 4.74 Å². The molecule has 0 unspecified atom stereocenters. The molecule has 1 N–H and O–H groups in total. The predicted molar refractivity (Wildman–Crippen MR) is 63.5 cm³/mol. The van der Waals surface area contributed by atoms with Crippen molar-refractivity contribution in [2.24, 2.45) is 0 Å². The van der Waals surface area contributed by atoms with E-state index in [9.17, 15) is 5.11 Å². The number of methoxy groups -OCH3 is 1. The van der Waals surface area contributed by atoms with Crippen molar-refractivity contribution in [2.75, 3.05) is 21.2 Å². The van der Waals surface area contributed by atoms with Crippen molar-refractivity contribution < 1.29 is 9.84 Å². The van der Waals surface area contributed by atoms with E-state index >= 15 is 0 Å². The molecule has 88 valence electrons. The summed E-state index contributed by atoms with van der Waals surface area (Å²) in [6.45, 7) is 0.882. The zero-order chi connectivity index (χ0) is 11.8. The first kappa shape index (κ1) is 11.4. The number of rotatable bonds is 4. The third-order valence-electron chi connectivity index (χ3n) is 2.99. The molecule has 0 amide bonds. The lowest BCUT2D eigenvalue weighted by molar-refractivity contribution is 0.147. The molecule has 1 saturated carbocycles. The van der Waals surface area contributed by atoms with Gasteiger partial charge in [-0.15, -0.1) is 0 Å². The molecule has 1 aromatic rings. The van der Waals surface area contributed by atoms with Crippen LogP contribution in [-0.4, -0.2) is 31.2 Å². The van der Waals surface area contributed by atoms with Gasteiger partial charge in [0, 0.05) is 12.1 Å². The fraction of sp³-hybridized carbons (Fsp3) is 0.538. The van der Waals surface area contributed by atoms with Gasteiger partial charge in [-0.1, -0.05) is 6.07 Å². The highest BCUT2D eigenvalue weighted by molar-refractivity contribution is 5.43. The molecular weight excluding hydrogens is 202 g/mol. The van der Waals surface area contributed by atoms with Crippen LogP contribution in [0.25, 0.3) is 0 Å². The molecule has 0 spiro atoms. The largest absolute Gasteiger partial charge is 0.496 e. The lowest BCUT2D eigenvalue weighted by Crippen LogP contribution is -2.13. The zero-order valence-corrected chi connectivity index (χ0v) is 10.2. The first-order valence-corrected chi connectivity index (χ1v) is 5.60. The highest BCUT2D eigenvalue weighted by Gasteiger charge is 2.44. The van der Waals surface area contributed by atoms with E-state index in [1.54, 1.807) is 7.11 Å². The minimum Gasteiger partial charge on any atom is -0.496 e. The van der Waals surface area contributed by atoms with Gasteiger partial charge in [0.15, 0.2) is 0 Å². The van der Waals surface area contributed by atoms with Gasteiger partial charge in [0.25, 0.3) is 0 Å². The molecule has 1 aliphatic carbocycles. The minimum absolute atomic E-state index is 0.631. The molecule has 0 bridgehead atoms. The Morgan fingerprint density at radius 2 is 2.06 bits per heavy atom. The molecule has 1 aliphatic rings. The molecule has 0 atom stereocenters. The Labute approximate surface area is 96.6 Å². The van der Waals surface area contributed by atoms with Crippen LogP contribution in [0.3, 0.4) is 0 Å². The van der Waals surface area contributed by atoms with Gasteiger partial charge in [-0.25, -0.2) is 0 Å². The summed E-state index contributed by atoms with van der Waals surface area (Å²) in [5.41, 5.74) is 1.52. The summed E-state index contributed by atoms with van der Waals surface area (Å²) >= 11 is 0. The summed E-state index contributed by atoms with van der Waals surface area (Å²) in [5, 5.41) is 10.2. The van der Waals surface area contributed by atoms with Crippen molar-refractivity contribution in [3.05, 3.63) is 29.3 Å². The summed E-state index contributed by atoms with van der Waals surface area (Å²) < 4.78 is 5.30. The van der Waals surface area contributed by atoms with Gasteiger partial charge in [0.05, 0.1) is 12.7 Å². The van der Waals surface area contributed by atoms with Crippen LogP contribution < -0.4 is 4.74 Å². The summed E-state index contributed by atoms with van der Waals surface area (Å²) in [6, 6.07) is 6.06. The number of nitrogens with zero attached hydrogens (tertiary/aromatic N) is 1. The highest BCUT2D eigenvalue weighted by atomic mass is 16.5. The van der Waals surface area contributed by atoms with E-state index in [0.717, 1.165) is 30.7 Å². The molecule has 1 aromatic carbocycles. The SMILES string of the molecule is COc1ccc(CN(C)C)cc1C1(O)CC1. The van der Waals surface area contributed by atoms with E-state index in [1.165, 1.54) is 5.56 Å². The summed E-state index contributed by atoms with van der Waals surface area (Å²) in [4.78, 5) is 2.11. The second-order valence-electron chi connectivity index (χ2n) is 4.80. The van der Waals surface area contributed by atoms with Crippen LogP contribution in [0.1, 0.15) is 24.0 Å². The van der Waals surface area contributed by atoms with Gasteiger partial charge in [-0.05, 0) is 44.6 Å². The van der Waals surface area contributed by atoms with E-state index in [0.29, 0.717) is 0 Å². The summed E-state index contributed by atoms with van der Waals surface area (Å²) in [7, 11) is 5.72. The maximum absolute atomic E-state index is 10.2. The second kappa shape index (κ2) is 4.07. The molecule has 0 radical (unpaired) electrons. The molecule has 0 heterocycles. The van der Waals surface area contributed by atoms with Crippen LogP contribution in [-0.2, 0) is 12.1 Å². The van der Waals surface area contributed by atoms with Gasteiger partial charge in [-0.2, -0.15) is 0 Å². The molecule has 0 saturated heterocycles. The van der Waals surface area contributed by atoms with Gasteiger partial charge < -0.3 is 14.7 Å². The third-order valence-corrected chi connectivity index (χ3v) is 2.99. The van der Waals surface area contributed by atoms with Crippen molar-refractivity contribution in [2.45, 2.75) is 25.0 Å². The van der Waals surface area contributed by atoms with Gasteiger partial charge >= 0.3 is 0 Å². The van der Waals surface area contributed by atoms with E-state index in [-0.39, 0.29) is 0 Å². The molecule has 0 aliphatic heterocycles. The normalized spacial score (nSPS) is 17.6. The number of ether oxygens (including phenoxy) is 1. The summed E-state index contributed by atoms with van der Waals surface area (Å²) in [6.07, 6.45) is 1.68. The average molecular weight is 221 g/mol. The van der Waals surface area contributed by atoms with E-state index in [2.05, 4.69) is 11.0 Å². The van der Waals surface area contributed by atoms with Gasteiger partial charge in [-0.3, -0.25) is 0 Å². The maximum atomic E-state index is 10.2. The first-order chi connectivity index (χ1) is 7.55.